The summed E-state index contributed by atoms with van der Waals surface area (Å²) in [5, 5.41) is 18.2. The van der Waals surface area contributed by atoms with E-state index in [2.05, 4.69) is 25.7 Å². The maximum absolute atomic E-state index is 12.9. The van der Waals surface area contributed by atoms with Gasteiger partial charge in [0.25, 0.3) is 5.91 Å². The molecule has 124 valence electrons. The lowest BCUT2D eigenvalue weighted by Crippen LogP contribution is -2.31. The number of aryl methyl sites for hydroxylation is 1. The fourth-order valence-electron chi connectivity index (χ4n) is 2.69. The minimum atomic E-state index is -0.0858. The number of carbonyl (C=O) groups is 1. The third-order valence-electron chi connectivity index (χ3n) is 3.91. The van der Waals surface area contributed by atoms with Crippen molar-refractivity contribution in [3.8, 4) is 11.3 Å². The van der Waals surface area contributed by atoms with Crippen LogP contribution in [0.4, 0.5) is 0 Å². The Balaban J connectivity index is 1.83. The third-order valence-corrected chi connectivity index (χ3v) is 3.91. The molecule has 8 heteroatoms. The van der Waals surface area contributed by atoms with Gasteiger partial charge in [0.1, 0.15) is 0 Å². The molecule has 8 nitrogen and oxygen atoms in total. The van der Waals surface area contributed by atoms with Gasteiger partial charge in [-0.25, -0.2) is 0 Å². The van der Waals surface area contributed by atoms with Crippen LogP contribution in [0.15, 0.2) is 36.5 Å². The first-order valence-corrected chi connectivity index (χ1v) is 7.64. The summed E-state index contributed by atoms with van der Waals surface area (Å²) in [5.74, 6) is 0.482. The lowest BCUT2D eigenvalue weighted by Gasteiger charge is -2.20. The SMILES string of the molecule is C[C@H](CN(C)C(=O)c1cnn(C)c1-c1ccccc1)c1nn[nH]n1. The van der Waals surface area contributed by atoms with E-state index in [-0.39, 0.29) is 11.8 Å². The minimum absolute atomic E-state index is 0.0189. The Hall–Kier alpha value is -3.03. The van der Waals surface area contributed by atoms with Crippen molar-refractivity contribution in [1.82, 2.24) is 35.3 Å². The molecule has 24 heavy (non-hydrogen) atoms. The zero-order chi connectivity index (χ0) is 17.1. The van der Waals surface area contributed by atoms with Crippen LogP contribution < -0.4 is 0 Å². The van der Waals surface area contributed by atoms with Gasteiger partial charge in [-0.05, 0) is 0 Å². The number of benzene rings is 1. The zero-order valence-corrected chi connectivity index (χ0v) is 13.8. The Kier molecular flexibility index (Phi) is 4.37. The van der Waals surface area contributed by atoms with Gasteiger partial charge in [-0.2, -0.15) is 10.3 Å². The number of rotatable bonds is 5. The molecule has 2 aromatic heterocycles. The molecule has 3 rings (SSSR count). The second-order valence-electron chi connectivity index (χ2n) is 5.75. The number of H-pyrrole nitrogens is 1. The van der Waals surface area contributed by atoms with Crippen LogP contribution in [-0.4, -0.2) is 54.8 Å². The number of aromatic nitrogens is 6. The number of carbonyl (C=O) groups excluding carboxylic acids is 1. The maximum Gasteiger partial charge on any atom is 0.257 e. The van der Waals surface area contributed by atoms with E-state index in [0.717, 1.165) is 11.3 Å². The fourth-order valence-corrected chi connectivity index (χ4v) is 2.69. The highest BCUT2D eigenvalue weighted by Crippen LogP contribution is 2.24. The minimum Gasteiger partial charge on any atom is -0.341 e. The molecule has 0 spiro atoms. The molecule has 0 fully saturated rings. The van der Waals surface area contributed by atoms with Gasteiger partial charge in [0.05, 0.1) is 17.5 Å². The van der Waals surface area contributed by atoms with Crippen molar-refractivity contribution in [3.05, 3.63) is 47.9 Å². The van der Waals surface area contributed by atoms with Gasteiger partial charge in [-0.3, -0.25) is 9.48 Å². The van der Waals surface area contributed by atoms with Gasteiger partial charge >= 0.3 is 0 Å². The molecule has 0 radical (unpaired) electrons. The van der Waals surface area contributed by atoms with Crippen molar-refractivity contribution < 1.29 is 4.79 Å². The van der Waals surface area contributed by atoms with E-state index in [9.17, 15) is 4.79 Å². The average Bonchev–Trinajstić information content (AvgIpc) is 3.24. The Morgan fingerprint density at radius 3 is 2.75 bits per heavy atom. The molecule has 0 saturated heterocycles. The molecule has 1 atom stereocenters. The Labute approximate surface area is 139 Å². The highest BCUT2D eigenvalue weighted by Gasteiger charge is 2.23. The Bertz CT molecular complexity index is 810. The summed E-state index contributed by atoms with van der Waals surface area (Å²) < 4.78 is 1.72. The third kappa shape index (κ3) is 3.03. The van der Waals surface area contributed by atoms with E-state index in [1.54, 1.807) is 22.8 Å². The summed E-state index contributed by atoms with van der Waals surface area (Å²) in [7, 11) is 3.60. The number of amides is 1. The van der Waals surface area contributed by atoms with Crippen LogP contribution in [0.2, 0.25) is 0 Å². The molecule has 0 aliphatic rings. The van der Waals surface area contributed by atoms with E-state index >= 15 is 0 Å². The van der Waals surface area contributed by atoms with Crippen LogP contribution in [0.25, 0.3) is 11.3 Å². The van der Waals surface area contributed by atoms with Crippen LogP contribution in [0.1, 0.15) is 29.0 Å². The van der Waals surface area contributed by atoms with Gasteiger partial charge < -0.3 is 4.90 Å². The van der Waals surface area contributed by atoms with Gasteiger partial charge in [0.15, 0.2) is 5.82 Å². The molecule has 2 heterocycles. The van der Waals surface area contributed by atoms with E-state index in [0.29, 0.717) is 17.9 Å². The van der Waals surface area contributed by atoms with Crippen molar-refractivity contribution in [1.29, 1.82) is 0 Å². The van der Waals surface area contributed by atoms with E-state index in [1.165, 1.54) is 0 Å². The van der Waals surface area contributed by atoms with Gasteiger partial charge in [0, 0.05) is 32.1 Å². The molecular formula is C16H19N7O. The number of hydrogen-bond donors (Lipinski definition) is 1. The van der Waals surface area contributed by atoms with Crippen molar-refractivity contribution in [2.75, 3.05) is 13.6 Å². The Morgan fingerprint density at radius 2 is 2.08 bits per heavy atom. The second-order valence-corrected chi connectivity index (χ2v) is 5.75. The number of likely N-dealkylation sites (N-methyl/N-ethyl adjacent to an activating group) is 1. The highest BCUT2D eigenvalue weighted by molar-refractivity contribution is 5.99. The molecule has 1 N–H and O–H groups in total. The maximum atomic E-state index is 12.9. The van der Waals surface area contributed by atoms with E-state index < -0.39 is 0 Å². The van der Waals surface area contributed by atoms with Crippen molar-refractivity contribution in [3.63, 3.8) is 0 Å². The number of nitrogens with zero attached hydrogens (tertiary/aromatic N) is 6. The second kappa shape index (κ2) is 6.61. The fraction of sp³-hybridized carbons (Fsp3) is 0.312. The number of tetrazole rings is 1. The van der Waals surface area contributed by atoms with Gasteiger partial charge in [-0.15, -0.1) is 10.2 Å². The van der Waals surface area contributed by atoms with Crippen LogP contribution in [0, 0.1) is 0 Å². The van der Waals surface area contributed by atoms with Crippen LogP contribution in [0.3, 0.4) is 0 Å². The molecule has 1 amide bonds. The zero-order valence-electron chi connectivity index (χ0n) is 13.8. The first-order chi connectivity index (χ1) is 11.6. The molecule has 0 bridgehead atoms. The standard InChI is InChI=1S/C16H19N7O/c1-11(15-18-20-21-19-15)10-22(2)16(24)13-9-17-23(3)14(13)12-7-5-4-6-8-12/h4-9,11H,10H2,1-3H3,(H,18,19,20,21)/t11-/m1/s1. The van der Waals surface area contributed by atoms with Crippen molar-refractivity contribution in [2.45, 2.75) is 12.8 Å². The number of hydrogen-bond acceptors (Lipinski definition) is 5. The molecule has 0 unspecified atom stereocenters. The van der Waals surface area contributed by atoms with E-state index in [1.807, 2.05) is 44.3 Å². The average molecular weight is 325 g/mol. The van der Waals surface area contributed by atoms with Crippen molar-refractivity contribution >= 4 is 5.91 Å². The largest absolute Gasteiger partial charge is 0.341 e. The quantitative estimate of drug-likeness (QED) is 0.767. The monoisotopic (exact) mass is 325 g/mol. The van der Waals surface area contributed by atoms with Gasteiger partial charge in [-0.1, -0.05) is 42.5 Å². The summed E-state index contributed by atoms with van der Waals surface area (Å²) in [6.07, 6.45) is 1.61. The first-order valence-electron chi connectivity index (χ1n) is 7.64. The molecule has 1 aromatic carbocycles. The van der Waals surface area contributed by atoms with E-state index in [4.69, 9.17) is 0 Å². The lowest BCUT2D eigenvalue weighted by molar-refractivity contribution is 0.0788. The Morgan fingerprint density at radius 1 is 1.33 bits per heavy atom. The van der Waals surface area contributed by atoms with Crippen LogP contribution in [0.5, 0.6) is 0 Å². The van der Waals surface area contributed by atoms with Crippen molar-refractivity contribution in [2.24, 2.45) is 7.05 Å². The number of nitrogens with one attached hydrogen (secondary N) is 1. The number of aromatic amines is 1. The smallest absolute Gasteiger partial charge is 0.257 e. The predicted octanol–water partition coefficient (Wildman–Crippen LogP) is 1.48. The molecular weight excluding hydrogens is 306 g/mol. The highest BCUT2D eigenvalue weighted by atomic mass is 16.2. The normalized spacial score (nSPS) is 12.1. The molecule has 3 aromatic rings. The molecule has 0 aliphatic carbocycles. The summed E-state index contributed by atoms with van der Waals surface area (Å²) in [4.78, 5) is 14.5. The first kappa shape index (κ1) is 15.9. The lowest BCUT2D eigenvalue weighted by atomic mass is 10.1. The molecule has 0 aliphatic heterocycles. The van der Waals surface area contributed by atoms with Crippen LogP contribution in [-0.2, 0) is 7.05 Å². The summed E-state index contributed by atoms with van der Waals surface area (Å²) in [6, 6.07) is 9.77. The predicted molar refractivity (Wildman–Crippen MR) is 88.2 cm³/mol. The molecule has 0 saturated carbocycles. The topological polar surface area (TPSA) is 92.6 Å². The summed E-state index contributed by atoms with van der Waals surface area (Å²) in [6.45, 7) is 2.44. The summed E-state index contributed by atoms with van der Waals surface area (Å²) >= 11 is 0. The summed E-state index contributed by atoms with van der Waals surface area (Å²) in [5.41, 5.74) is 2.34. The van der Waals surface area contributed by atoms with Gasteiger partial charge in [0.2, 0.25) is 0 Å². The van der Waals surface area contributed by atoms with Crippen LogP contribution >= 0.6 is 0 Å².